The minimum absolute atomic E-state index is 0.0635. The number of halogens is 1. The fourth-order valence-electron chi connectivity index (χ4n) is 3.32. The van der Waals surface area contributed by atoms with E-state index >= 15 is 0 Å². The molecule has 1 aliphatic rings. The molecule has 2 unspecified atom stereocenters. The first-order chi connectivity index (χ1) is 13.1. The molecule has 1 aliphatic heterocycles. The number of imidazole rings is 1. The number of rotatable bonds is 5. The Kier molecular flexibility index (Phi) is 6.45. The topological polar surface area (TPSA) is 54.7 Å². The normalized spacial score (nSPS) is 20.7. The smallest absolute Gasteiger partial charge is 0.194 e. The summed E-state index contributed by atoms with van der Waals surface area (Å²) in [6.45, 7) is 9.84. The van der Waals surface area contributed by atoms with Gasteiger partial charge in [0, 0.05) is 32.0 Å². The highest BCUT2D eigenvalue weighted by Crippen LogP contribution is 2.25. The molecule has 2 heterocycles. The van der Waals surface area contributed by atoms with Crippen LogP contribution >= 0.6 is 0 Å². The summed E-state index contributed by atoms with van der Waals surface area (Å²) in [5.74, 6) is 1.65. The molecule has 7 heteroatoms. The molecule has 0 radical (unpaired) electrons. The van der Waals surface area contributed by atoms with Crippen LogP contribution in [0.2, 0.25) is 0 Å². The first-order valence-electron chi connectivity index (χ1n) is 9.48. The van der Waals surface area contributed by atoms with Crippen LogP contribution < -0.4 is 5.32 Å². The molecule has 146 valence electrons. The van der Waals surface area contributed by atoms with E-state index < -0.39 is 0 Å². The second-order valence-electron chi connectivity index (χ2n) is 6.80. The van der Waals surface area contributed by atoms with Gasteiger partial charge in [-0.2, -0.15) is 0 Å². The van der Waals surface area contributed by atoms with Crippen LogP contribution in [0.15, 0.2) is 41.7 Å². The maximum Gasteiger partial charge on any atom is 0.194 e. The number of hydrogen-bond acceptors (Lipinski definition) is 3. The van der Waals surface area contributed by atoms with Gasteiger partial charge in [-0.1, -0.05) is 12.1 Å². The number of hydrogen-bond donors (Lipinski definition) is 1. The molecule has 2 atom stereocenters. The number of guanidine groups is 1. The number of ether oxygens (including phenoxy) is 1. The Hall–Kier alpha value is -2.41. The molecule has 0 bridgehead atoms. The lowest BCUT2D eigenvalue weighted by Crippen LogP contribution is -2.50. The maximum absolute atomic E-state index is 13.2. The van der Waals surface area contributed by atoms with E-state index in [0.29, 0.717) is 13.1 Å². The number of aromatic nitrogens is 2. The Labute approximate surface area is 160 Å². The van der Waals surface area contributed by atoms with E-state index in [9.17, 15) is 4.39 Å². The van der Waals surface area contributed by atoms with E-state index in [1.807, 2.05) is 13.1 Å². The van der Waals surface area contributed by atoms with Crippen LogP contribution in [0.25, 0.3) is 0 Å². The summed E-state index contributed by atoms with van der Waals surface area (Å²) in [5, 5.41) is 3.38. The maximum atomic E-state index is 13.2. The Morgan fingerprint density at radius 2 is 2.11 bits per heavy atom. The molecule has 0 amide bonds. The monoisotopic (exact) mass is 373 g/mol. The second-order valence-corrected chi connectivity index (χ2v) is 6.80. The van der Waals surface area contributed by atoms with E-state index in [2.05, 4.69) is 33.6 Å². The van der Waals surface area contributed by atoms with Crippen molar-refractivity contribution in [3.05, 3.63) is 53.9 Å². The summed E-state index contributed by atoms with van der Waals surface area (Å²) < 4.78 is 21.4. The summed E-state index contributed by atoms with van der Waals surface area (Å²) >= 11 is 0. The van der Waals surface area contributed by atoms with E-state index in [4.69, 9.17) is 9.73 Å². The number of nitrogens with one attached hydrogen (secondary N) is 1. The molecule has 1 aromatic carbocycles. The third-order valence-corrected chi connectivity index (χ3v) is 4.66. The van der Waals surface area contributed by atoms with E-state index in [1.165, 1.54) is 12.1 Å². The van der Waals surface area contributed by atoms with Gasteiger partial charge in [-0.05, 0) is 38.5 Å². The Morgan fingerprint density at radius 1 is 1.33 bits per heavy atom. The first-order valence-corrected chi connectivity index (χ1v) is 9.48. The zero-order valence-corrected chi connectivity index (χ0v) is 16.2. The summed E-state index contributed by atoms with van der Waals surface area (Å²) in [5.41, 5.74) is 0.984. The predicted molar refractivity (Wildman–Crippen MR) is 104 cm³/mol. The van der Waals surface area contributed by atoms with Gasteiger partial charge in [-0.25, -0.2) is 9.37 Å². The van der Waals surface area contributed by atoms with Crippen molar-refractivity contribution in [2.75, 3.05) is 26.2 Å². The number of morpholine rings is 1. The lowest BCUT2D eigenvalue weighted by atomic mass is 10.1. The molecule has 2 aromatic rings. The molecule has 6 nitrogen and oxygen atoms in total. The van der Waals surface area contributed by atoms with Crippen LogP contribution in [0, 0.1) is 12.7 Å². The van der Waals surface area contributed by atoms with Crippen molar-refractivity contribution in [2.24, 2.45) is 4.99 Å². The van der Waals surface area contributed by atoms with Gasteiger partial charge in [-0.3, -0.25) is 4.99 Å². The highest BCUT2D eigenvalue weighted by molar-refractivity contribution is 5.80. The van der Waals surface area contributed by atoms with Crippen molar-refractivity contribution in [1.82, 2.24) is 19.8 Å². The van der Waals surface area contributed by atoms with Gasteiger partial charge in [0.05, 0.1) is 19.2 Å². The zero-order chi connectivity index (χ0) is 19.2. The van der Waals surface area contributed by atoms with Gasteiger partial charge in [0.1, 0.15) is 17.7 Å². The van der Waals surface area contributed by atoms with E-state index in [1.54, 1.807) is 18.3 Å². The van der Waals surface area contributed by atoms with E-state index in [0.717, 1.165) is 37.0 Å². The molecule has 0 spiro atoms. The van der Waals surface area contributed by atoms with Crippen LogP contribution in [-0.2, 0) is 11.3 Å². The molecule has 0 saturated carbocycles. The van der Waals surface area contributed by atoms with Gasteiger partial charge >= 0.3 is 0 Å². The minimum atomic E-state index is -0.232. The van der Waals surface area contributed by atoms with Crippen LogP contribution in [0.4, 0.5) is 4.39 Å². The molecule has 27 heavy (non-hydrogen) atoms. The lowest BCUT2D eigenvalue weighted by molar-refractivity contribution is -0.0605. The second kappa shape index (κ2) is 8.99. The molecule has 1 N–H and O–H groups in total. The summed E-state index contributed by atoms with van der Waals surface area (Å²) in [6, 6.07) is 6.55. The van der Waals surface area contributed by atoms with Crippen LogP contribution in [0.5, 0.6) is 0 Å². The number of benzene rings is 1. The molecular weight excluding hydrogens is 345 g/mol. The van der Waals surface area contributed by atoms with Crippen LogP contribution in [0.1, 0.15) is 31.3 Å². The predicted octanol–water partition coefficient (Wildman–Crippen LogP) is 2.76. The highest BCUT2D eigenvalue weighted by atomic mass is 19.1. The third kappa shape index (κ3) is 5.07. The third-order valence-electron chi connectivity index (χ3n) is 4.66. The van der Waals surface area contributed by atoms with Gasteiger partial charge in [0.15, 0.2) is 5.96 Å². The molecule has 1 saturated heterocycles. The van der Waals surface area contributed by atoms with Gasteiger partial charge in [0.2, 0.25) is 0 Å². The number of nitrogens with zero attached hydrogens (tertiary/aromatic N) is 4. The van der Waals surface area contributed by atoms with Crippen molar-refractivity contribution >= 4 is 5.96 Å². The van der Waals surface area contributed by atoms with E-state index in [-0.39, 0.29) is 18.0 Å². The highest BCUT2D eigenvalue weighted by Gasteiger charge is 2.28. The zero-order valence-electron chi connectivity index (χ0n) is 16.2. The van der Waals surface area contributed by atoms with Crippen molar-refractivity contribution in [2.45, 2.75) is 39.5 Å². The average molecular weight is 373 g/mol. The van der Waals surface area contributed by atoms with Crippen LogP contribution in [0.3, 0.4) is 0 Å². The molecule has 1 fully saturated rings. The Bertz CT molecular complexity index is 758. The molecule has 3 rings (SSSR count). The SMILES string of the molecule is CCNC(=NCCn1ccnc1C)N1CC(C)OC(c2ccc(F)cc2)C1. The standard InChI is InChI=1S/C20H28FN5O/c1-4-22-20(24-10-12-25-11-9-23-16(25)3)26-13-15(2)27-19(14-26)17-5-7-18(21)8-6-17/h5-9,11,15,19H,4,10,12-14H2,1-3H3,(H,22,24). The van der Waals surface area contributed by atoms with Gasteiger partial charge in [0.25, 0.3) is 0 Å². The van der Waals surface area contributed by atoms with Crippen LogP contribution in [-0.4, -0.2) is 52.7 Å². The summed E-state index contributed by atoms with van der Waals surface area (Å²) in [4.78, 5) is 11.3. The van der Waals surface area contributed by atoms with Gasteiger partial charge < -0.3 is 19.5 Å². The molecule has 1 aromatic heterocycles. The lowest BCUT2D eigenvalue weighted by Gasteiger charge is -2.38. The van der Waals surface area contributed by atoms with Crippen molar-refractivity contribution in [3.63, 3.8) is 0 Å². The Morgan fingerprint density at radius 3 is 2.78 bits per heavy atom. The fourth-order valence-corrected chi connectivity index (χ4v) is 3.32. The number of aliphatic imine (C=N–C) groups is 1. The summed E-state index contributed by atoms with van der Waals surface area (Å²) in [6.07, 6.45) is 3.74. The largest absolute Gasteiger partial charge is 0.367 e. The van der Waals surface area contributed by atoms with Crippen molar-refractivity contribution in [1.29, 1.82) is 0 Å². The summed E-state index contributed by atoms with van der Waals surface area (Å²) in [7, 11) is 0. The minimum Gasteiger partial charge on any atom is -0.367 e. The average Bonchev–Trinajstić information content (AvgIpc) is 3.06. The molecule has 0 aliphatic carbocycles. The number of aryl methyl sites for hydroxylation is 1. The fraction of sp³-hybridized carbons (Fsp3) is 0.500. The van der Waals surface area contributed by atoms with Crippen molar-refractivity contribution in [3.8, 4) is 0 Å². The van der Waals surface area contributed by atoms with Gasteiger partial charge in [-0.15, -0.1) is 0 Å². The van der Waals surface area contributed by atoms with Crippen molar-refractivity contribution < 1.29 is 9.13 Å². The quantitative estimate of drug-likeness (QED) is 0.647. The molecular formula is C20H28FN5O. The first kappa shape index (κ1) is 19.4. The Balaban J connectivity index is 1.70.